The van der Waals surface area contributed by atoms with Crippen LogP contribution < -0.4 is 11.1 Å². The van der Waals surface area contributed by atoms with Crippen molar-refractivity contribution >= 4 is 18.5 Å². The van der Waals surface area contributed by atoms with E-state index < -0.39 is 23.8 Å². The Morgan fingerprint density at radius 1 is 1.37 bits per heavy atom. The summed E-state index contributed by atoms with van der Waals surface area (Å²) < 4.78 is 38.3. The molecule has 0 aromatic heterocycles. The van der Waals surface area contributed by atoms with Crippen molar-refractivity contribution in [1.29, 1.82) is 0 Å². The SMILES string of the molecule is Cl.NCC(CNC(=O)O)c1ccccc1C(F)(F)F. The van der Waals surface area contributed by atoms with Crippen molar-refractivity contribution in [2.75, 3.05) is 13.1 Å². The van der Waals surface area contributed by atoms with E-state index in [-0.39, 0.29) is 31.1 Å². The second-order valence-electron chi connectivity index (χ2n) is 3.70. The number of hydrogen-bond acceptors (Lipinski definition) is 2. The van der Waals surface area contributed by atoms with Gasteiger partial charge in [0.05, 0.1) is 5.56 Å². The number of amides is 1. The predicted molar refractivity (Wildman–Crippen MR) is 66.5 cm³/mol. The van der Waals surface area contributed by atoms with E-state index in [9.17, 15) is 18.0 Å². The molecule has 0 aliphatic rings. The van der Waals surface area contributed by atoms with E-state index in [1.54, 1.807) is 0 Å². The summed E-state index contributed by atoms with van der Waals surface area (Å²) in [5.41, 5.74) is 4.62. The second-order valence-corrected chi connectivity index (χ2v) is 3.70. The molecule has 0 radical (unpaired) electrons. The van der Waals surface area contributed by atoms with E-state index in [1.807, 2.05) is 5.32 Å². The standard InChI is InChI=1S/C11H13F3N2O2.ClH/c12-11(13,14)9-4-2-1-3-8(9)7(5-15)6-16-10(17)18;/h1-4,7,16H,5-6,15H2,(H,17,18);1H. The first-order valence-corrected chi connectivity index (χ1v) is 5.19. The van der Waals surface area contributed by atoms with E-state index in [4.69, 9.17) is 10.8 Å². The Bertz CT molecular complexity index is 427. The lowest BCUT2D eigenvalue weighted by atomic mass is 9.94. The first kappa shape index (κ1) is 17.5. The molecule has 0 fully saturated rings. The smallest absolute Gasteiger partial charge is 0.416 e. The van der Waals surface area contributed by atoms with Gasteiger partial charge in [-0.05, 0) is 11.6 Å². The van der Waals surface area contributed by atoms with E-state index in [1.165, 1.54) is 18.2 Å². The fourth-order valence-electron chi connectivity index (χ4n) is 1.64. The third-order valence-corrected chi connectivity index (χ3v) is 2.49. The normalized spacial score (nSPS) is 12.4. The number of halogens is 4. The van der Waals surface area contributed by atoms with Crippen LogP contribution in [0.2, 0.25) is 0 Å². The highest BCUT2D eigenvalue weighted by Gasteiger charge is 2.34. The highest BCUT2D eigenvalue weighted by atomic mass is 35.5. The predicted octanol–water partition coefficient (Wildman–Crippen LogP) is 2.44. The van der Waals surface area contributed by atoms with E-state index >= 15 is 0 Å². The number of rotatable bonds is 4. The van der Waals surface area contributed by atoms with E-state index in [2.05, 4.69) is 0 Å². The maximum absolute atomic E-state index is 12.8. The summed E-state index contributed by atoms with van der Waals surface area (Å²) in [5, 5.41) is 10.5. The molecule has 108 valence electrons. The largest absolute Gasteiger partial charge is 0.465 e. The molecule has 1 aromatic rings. The van der Waals surface area contributed by atoms with Crippen molar-refractivity contribution in [2.24, 2.45) is 5.73 Å². The minimum Gasteiger partial charge on any atom is -0.465 e. The van der Waals surface area contributed by atoms with Gasteiger partial charge in [-0.3, -0.25) is 0 Å². The van der Waals surface area contributed by atoms with Crippen molar-refractivity contribution in [3.05, 3.63) is 35.4 Å². The van der Waals surface area contributed by atoms with Crippen molar-refractivity contribution in [3.8, 4) is 0 Å². The van der Waals surface area contributed by atoms with Crippen LogP contribution in [-0.4, -0.2) is 24.3 Å². The maximum Gasteiger partial charge on any atom is 0.416 e. The van der Waals surface area contributed by atoms with Gasteiger partial charge in [-0.15, -0.1) is 12.4 Å². The lowest BCUT2D eigenvalue weighted by Crippen LogP contribution is -2.31. The van der Waals surface area contributed by atoms with Crippen LogP contribution in [0.25, 0.3) is 0 Å². The lowest BCUT2D eigenvalue weighted by molar-refractivity contribution is -0.138. The topological polar surface area (TPSA) is 75.3 Å². The summed E-state index contributed by atoms with van der Waals surface area (Å²) in [6.07, 6.45) is -5.77. The van der Waals surface area contributed by atoms with Crippen LogP contribution in [0.4, 0.5) is 18.0 Å². The third-order valence-electron chi connectivity index (χ3n) is 2.49. The molecule has 1 amide bonds. The van der Waals surface area contributed by atoms with Crippen LogP contribution in [-0.2, 0) is 6.18 Å². The average molecular weight is 299 g/mol. The van der Waals surface area contributed by atoms with Crippen molar-refractivity contribution in [3.63, 3.8) is 0 Å². The van der Waals surface area contributed by atoms with E-state index in [0.29, 0.717) is 0 Å². The summed E-state index contributed by atoms with van der Waals surface area (Å²) in [7, 11) is 0. The van der Waals surface area contributed by atoms with Gasteiger partial charge in [0, 0.05) is 19.0 Å². The Hall–Kier alpha value is -1.47. The molecule has 4 N–H and O–H groups in total. The second kappa shape index (κ2) is 7.20. The van der Waals surface area contributed by atoms with Crippen LogP contribution >= 0.6 is 12.4 Å². The fourth-order valence-corrected chi connectivity index (χ4v) is 1.64. The molecule has 8 heteroatoms. The third kappa shape index (κ3) is 4.96. The van der Waals surface area contributed by atoms with Crippen LogP contribution in [0.3, 0.4) is 0 Å². The molecular formula is C11H14ClF3N2O2. The summed E-state index contributed by atoms with van der Waals surface area (Å²) in [4.78, 5) is 10.4. The van der Waals surface area contributed by atoms with Crippen molar-refractivity contribution < 1.29 is 23.1 Å². The molecule has 0 heterocycles. The monoisotopic (exact) mass is 298 g/mol. The molecular weight excluding hydrogens is 285 g/mol. The number of benzene rings is 1. The summed E-state index contributed by atoms with van der Waals surface area (Å²) in [6.45, 7) is -0.230. The van der Waals surface area contributed by atoms with Crippen molar-refractivity contribution in [1.82, 2.24) is 5.32 Å². The molecule has 0 bridgehead atoms. The Balaban J connectivity index is 0.00000324. The summed E-state index contributed by atoms with van der Waals surface area (Å²) in [6, 6.07) is 5.02. The zero-order valence-corrected chi connectivity index (χ0v) is 10.6. The Kier molecular flexibility index (Phi) is 6.64. The van der Waals surface area contributed by atoms with Gasteiger partial charge in [0.2, 0.25) is 0 Å². The first-order chi connectivity index (χ1) is 8.36. The average Bonchev–Trinajstić information content (AvgIpc) is 2.29. The highest BCUT2D eigenvalue weighted by molar-refractivity contribution is 5.85. The highest BCUT2D eigenvalue weighted by Crippen LogP contribution is 2.34. The van der Waals surface area contributed by atoms with Gasteiger partial charge >= 0.3 is 12.3 Å². The number of alkyl halides is 3. The van der Waals surface area contributed by atoms with Crippen LogP contribution in [0, 0.1) is 0 Å². The van der Waals surface area contributed by atoms with Gasteiger partial charge in [0.15, 0.2) is 0 Å². The van der Waals surface area contributed by atoms with Gasteiger partial charge in [0.25, 0.3) is 0 Å². The molecule has 0 aliphatic carbocycles. The van der Waals surface area contributed by atoms with Crippen LogP contribution in [0.15, 0.2) is 24.3 Å². The quantitative estimate of drug-likeness (QED) is 0.799. The number of hydrogen-bond donors (Lipinski definition) is 3. The minimum absolute atomic E-state index is 0. The molecule has 4 nitrogen and oxygen atoms in total. The minimum atomic E-state index is -4.48. The molecule has 0 aliphatic heterocycles. The zero-order chi connectivity index (χ0) is 13.8. The first-order valence-electron chi connectivity index (χ1n) is 5.19. The molecule has 0 saturated heterocycles. The molecule has 0 spiro atoms. The maximum atomic E-state index is 12.8. The van der Waals surface area contributed by atoms with Crippen LogP contribution in [0.1, 0.15) is 17.0 Å². The number of nitrogens with one attached hydrogen (secondary N) is 1. The molecule has 1 atom stereocenters. The molecule has 1 rings (SSSR count). The molecule has 19 heavy (non-hydrogen) atoms. The van der Waals surface area contributed by atoms with Gasteiger partial charge in [-0.1, -0.05) is 18.2 Å². The Morgan fingerprint density at radius 2 is 1.95 bits per heavy atom. The number of carbonyl (C=O) groups is 1. The molecule has 1 aromatic carbocycles. The zero-order valence-electron chi connectivity index (χ0n) is 9.78. The molecule has 1 unspecified atom stereocenters. The Labute approximate surface area is 114 Å². The summed E-state index contributed by atoms with van der Waals surface area (Å²) >= 11 is 0. The van der Waals surface area contributed by atoms with Gasteiger partial charge in [-0.25, -0.2) is 4.79 Å². The number of carboxylic acid groups (broad SMARTS) is 1. The Morgan fingerprint density at radius 3 is 2.42 bits per heavy atom. The van der Waals surface area contributed by atoms with E-state index in [0.717, 1.165) is 6.07 Å². The van der Waals surface area contributed by atoms with Gasteiger partial charge in [-0.2, -0.15) is 13.2 Å². The van der Waals surface area contributed by atoms with Gasteiger partial charge in [0.1, 0.15) is 0 Å². The van der Waals surface area contributed by atoms with Crippen molar-refractivity contribution in [2.45, 2.75) is 12.1 Å². The lowest BCUT2D eigenvalue weighted by Gasteiger charge is -2.20. The molecule has 0 saturated carbocycles. The van der Waals surface area contributed by atoms with Gasteiger partial charge < -0.3 is 16.2 Å². The number of nitrogens with two attached hydrogens (primary N) is 1. The fraction of sp³-hybridized carbons (Fsp3) is 0.364. The van der Waals surface area contributed by atoms with Crippen LogP contribution in [0.5, 0.6) is 0 Å². The summed E-state index contributed by atoms with van der Waals surface area (Å²) in [5.74, 6) is -0.709.